The molecule has 2 nitrogen and oxygen atoms in total. The van der Waals surface area contributed by atoms with E-state index in [2.05, 4.69) is 33.1 Å². The first-order valence-electron chi connectivity index (χ1n) is 5.94. The van der Waals surface area contributed by atoms with Gasteiger partial charge in [-0.2, -0.15) is 0 Å². The third-order valence-electron chi connectivity index (χ3n) is 2.52. The van der Waals surface area contributed by atoms with Crippen LogP contribution in [0, 0.1) is 11.8 Å². The van der Waals surface area contributed by atoms with Crippen LogP contribution in [0.3, 0.4) is 0 Å². The second kappa shape index (κ2) is 7.14. The molecule has 0 aliphatic rings. The number of amides is 1. The molecule has 0 radical (unpaired) electrons. The third-order valence-corrected chi connectivity index (χ3v) is 3.34. The van der Waals surface area contributed by atoms with E-state index in [9.17, 15) is 4.79 Å². The summed E-state index contributed by atoms with van der Waals surface area (Å²) in [7, 11) is 0. The molecule has 0 fully saturated rings. The van der Waals surface area contributed by atoms with Crippen LogP contribution in [-0.2, 0) is 0 Å². The fraction of sp³-hybridized carbons (Fsp3) is 0.0625. The van der Waals surface area contributed by atoms with Crippen molar-refractivity contribution in [1.29, 1.82) is 0 Å². The molecule has 0 unspecified atom stereocenters. The Morgan fingerprint density at radius 3 is 2.75 bits per heavy atom. The van der Waals surface area contributed by atoms with E-state index in [1.807, 2.05) is 30.3 Å². The van der Waals surface area contributed by atoms with Gasteiger partial charge in [-0.3, -0.25) is 4.79 Å². The van der Waals surface area contributed by atoms with E-state index in [0.717, 1.165) is 10.0 Å². The molecule has 0 aliphatic carbocycles. The molecule has 2 rings (SSSR count). The standard InChI is InChI=1S/C16H11BrClNO/c17-14-8-3-6-13(11-14)16(20)19-10-4-7-12-5-1-2-9-15(12)18/h1-3,5-6,8-9,11H,10H2,(H,19,20). The van der Waals surface area contributed by atoms with E-state index < -0.39 is 0 Å². The summed E-state index contributed by atoms with van der Waals surface area (Å²) in [6, 6.07) is 14.5. The van der Waals surface area contributed by atoms with Crippen LogP contribution in [0.1, 0.15) is 15.9 Å². The molecular weight excluding hydrogens is 338 g/mol. The number of nitrogens with one attached hydrogen (secondary N) is 1. The Balaban J connectivity index is 1.94. The highest BCUT2D eigenvalue weighted by Gasteiger charge is 2.03. The van der Waals surface area contributed by atoms with Gasteiger partial charge in [0.2, 0.25) is 0 Å². The Hall–Kier alpha value is -1.76. The summed E-state index contributed by atoms with van der Waals surface area (Å²) in [5, 5.41) is 3.35. The number of benzene rings is 2. The van der Waals surface area contributed by atoms with Crippen molar-refractivity contribution in [3.05, 3.63) is 69.2 Å². The van der Waals surface area contributed by atoms with Crippen molar-refractivity contribution in [3.63, 3.8) is 0 Å². The number of carbonyl (C=O) groups excluding carboxylic acids is 1. The molecular formula is C16H11BrClNO. The molecule has 100 valence electrons. The average molecular weight is 349 g/mol. The highest BCUT2D eigenvalue weighted by atomic mass is 79.9. The van der Waals surface area contributed by atoms with E-state index >= 15 is 0 Å². The van der Waals surface area contributed by atoms with E-state index in [4.69, 9.17) is 11.6 Å². The topological polar surface area (TPSA) is 29.1 Å². The molecule has 1 N–H and O–H groups in total. The van der Waals surface area contributed by atoms with Crippen LogP contribution < -0.4 is 5.32 Å². The predicted molar refractivity (Wildman–Crippen MR) is 84.8 cm³/mol. The molecule has 1 amide bonds. The van der Waals surface area contributed by atoms with Crippen molar-refractivity contribution < 1.29 is 4.79 Å². The molecule has 0 aromatic heterocycles. The van der Waals surface area contributed by atoms with Crippen LogP contribution in [0.2, 0.25) is 5.02 Å². The summed E-state index contributed by atoms with van der Waals surface area (Å²) < 4.78 is 0.868. The van der Waals surface area contributed by atoms with Gasteiger partial charge in [0.15, 0.2) is 0 Å². The zero-order valence-electron chi connectivity index (χ0n) is 10.5. The van der Waals surface area contributed by atoms with E-state index in [-0.39, 0.29) is 12.5 Å². The zero-order chi connectivity index (χ0) is 14.4. The molecule has 4 heteroatoms. The van der Waals surface area contributed by atoms with Crippen molar-refractivity contribution in [2.24, 2.45) is 0 Å². The molecule has 2 aromatic rings. The molecule has 0 bridgehead atoms. The monoisotopic (exact) mass is 347 g/mol. The maximum absolute atomic E-state index is 11.8. The van der Waals surface area contributed by atoms with Gasteiger partial charge in [-0.1, -0.05) is 57.6 Å². The van der Waals surface area contributed by atoms with E-state index in [0.29, 0.717) is 10.6 Å². The zero-order valence-corrected chi connectivity index (χ0v) is 12.8. The van der Waals surface area contributed by atoms with Crippen LogP contribution in [0.15, 0.2) is 53.0 Å². The summed E-state index contributed by atoms with van der Waals surface area (Å²) in [6.07, 6.45) is 0. The quantitative estimate of drug-likeness (QED) is 0.820. The van der Waals surface area contributed by atoms with Crippen LogP contribution in [-0.4, -0.2) is 12.5 Å². The van der Waals surface area contributed by atoms with Gasteiger partial charge in [0.05, 0.1) is 11.6 Å². The lowest BCUT2D eigenvalue weighted by atomic mass is 10.2. The molecule has 20 heavy (non-hydrogen) atoms. The average Bonchev–Trinajstić information content (AvgIpc) is 2.45. The summed E-state index contributed by atoms with van der Waals surface area (Å²) in [5.41, 5.74) is 1.35. The lowest BCUT2D eigenvalue weighted by Gasteiger charge is -2.01. The largest absolute Gasteiger partial charge is 0.341 e. The van der Waals surface area contributed by atoms with Gasteiger partial charge >= 0.3 is 0 Å². The van der Waals surface area contributed by atoms with Gasteiger partial charge in [-0.25, -0.2) is 0 Å². The van der Waals surface area contributed by atoms with Crippen molar-refractivity contribution in [1.82, 2.24) is 5.32 Å². The van der Waals surface area contributed by atoms with Crippen molar-refractivity contribution in [3.8, 4) is 11.8 Å². The molecule has 0 saturated heterocycles. The minimum Gasteiger partial charge on any atom is -0.341 e. The highest BCUT2D eigenvalue weighted by molar-refractivity contribution is 9.10. The number of hydrogen-bond acceptors (Lipinski definition) is 1. The second-order valence-corrected chi connectivity index (χ2v) is 5.30. The lowest BCUT2D eigenvalue weighted by molar-refractivity contribution is 0.0958. The Morgan fingerprint density at radius 1 is 1.20 bits per heavy atom. The van der Waals surface area contributed by atoms with Crippen LogP contribution in [0.25, 0.3) is 0 Å². The van der Waals surface area contributed by atoms with E-state index in [1.54, 1.807) is 18.2 Å². The number of hydrogen-bond donors (Lipinski definition) is 1. The molecule has 2 aromatic carbocycles. The first-order valence-corrected chi connectivity index (χ1v) is 7.11. The van der Waals surface area contributed by atoms with Gasteiger partial charge in [0, 0.05) is 15.6 Å². The smallest absolute Gasteiger partial charge is 0.252 e. The fourth-order valence-corrected chi connectivity index (χ4v) is 2.14. The maximum atomic E-state index is 11.8. The van der Waals surface area contributed by atoms with Crippen LogP contribution in [0.5, 0.6) is 0 Å². The normalized spacial score (nSPS) is 9.50. The summed E-state index contributed by atoms with van der Waals surface area (Å²) >= 11 is 9.31. The lowest BCUT2D eigenvalue weighted by Crippen LogP contribution is -2.23. The van der Waals surface area contributed by atoms with Crippen molar-refractivity contribution in [2.75, 3.05) is 6.54 Å². The maximum Gasteiger partial charge on any atom is 0.252 e. The van der Waals surface area contributed by atoms with Gasteiger partial charge in [-0.15, -0.1) is 0 Å². The number of carbonyl (C=O) groups is 1. The van der Waals surface area contributed by atoms with Gasteiger partial charge in [-0.05, 0) is 30.3 Å². The Bertz CT molecular complexity index is 688. The second-order valence-electron chi connectivity index (χ2n) is 3.97. The van der Waals surface area contributed by atoms with Crippen LogP contribution in [0.4, 0.5) is 0 Å². The van der Waals surface area contributed by atoms with Crippen LogP contribution >= 0.6 is 27.5 Å². The molecule has 0 heterocycles. The number of halogens is 2. The van der Waals surface area contributed by atoms with Crippen molar-refractivity contribution in [2.45, 2.75) is 0 Å². The van der Waals surface area contributed by atoms with Crippen molar-refractivity contribution >= 4 is 33.4 Å². The molecule has 0 atom stereocenters. The minimum atomic E-state index is -0.153. The van der Waals surface area contributed by atoms with Gasteiger partial charge < -0.3 is 5.32 Å². The van der Waals surface area contributed by atoms with Gasteiger partial charge in [0.1, 0.15) is 0 Å². The SMILES string of the molecule is O=C(NCC#Cc1ccccc1Cl)c1cccc(Br)c1. The Morgan fingerprint density at radius 2 is 2.00 bits per heavy atom. The Labute approximate surface area is 131 Å². The summed E-state index contributed by atoms with van der Waals surface area (Å²) in [5.74, 6) is 5.65. The highest BCUT2D eigenvalue weighted by Crippen LogP contribution is 2.13. The molecule has 0 spiro atoms. The predicted octanol–water partition coefficient (Wildman–Crippen LogP) is 3.88. The third kappa shape index (κ3) is 4.12. The first kappa shape index (κ1) is 14.6. The minimum absolute atomic E-state index is 0.153. The van der Waals surface area contributed by atoms with E-state index in [1.165, 1.54) is 0 Å². The molecule has 0 aliphatic heterocycles. The first-order chi connectivity index (χ1) is 9.66. The molecule has 0 saturated carbocycles. The summed E-state index contributed by atoms with van der Waals surface area (Å²) in [6.45, 7) is 0.274. The van der Waals surface area contributed by atoms with Gasteiger partial charge in [0.25, 0.3) is 5.91 Å². The number of rotatable bonds is 2. The Kier molecular flexibility index (Phi) is 5.23. The summed E-state index contributed by atoms with van der Waals surface area (Å²) in [4.78, 5) is 11.8. The fourth-order valence-electron chi connectivity index (χ4n) is 1.56.